The van der Waals surface area contributed by atoms with Gasteiger partial charge in [0.25, 0.3) is 5.91 Å². The van der Waals surface area contributed by atoms with Crippen LogP contribution in [0, 0.1) is 0 Å². The average molecular weight is 558 g/mol. The number of phosphoric ester groups is 1. The number of nitrogens with zero attached hydrogens (tertiary/aromatic N) is 2. The molecule has 2 aliphatic rings. The number of benzene rings is 2. The van der Waals surface area contributed by atoms with E-state index < -0.39 is 49.8 Å². The SMILES string of the molecule is O=C1CCC(N2Cc3ccc(CNC(=O)C(F)(F)c4ccc(Cl)cc4)cc3C2)C(=O)N1COP(=O)(O)O. The van der Waals surface area contributed by atoms with Crippen molar-refractivity contribution >= 4 is 37.1 Å². The lowest BCUT2D eigenvalue weighted by Crippen LogP contribution is -2.53. The van der Waals surface area contributed by atoms with E-state index in [1.807, 2.05) is 4.90 Å². The number of imide groups is 1. The molecule has 0 aliphatic carbocycles. The highest BCUT2D eigenvalue weighted by Crippen LogP contribution is 2.37. The molecule has 10 nitrogen and oxygen atoms in total. The van der Waals surface area contributed by atoms with Gasteiger partial charge in [0.05, 0.1) is 6.04 Å². The van der Waals surface area contributed by atoms with Crippen LogP contribution in [0.1, 0.15) is 35.1 Å². The van der Waals surface area contributed by atoms with Crippen molar-refractivity contribution in [3.8, 4) is 0 Å². The Labute approximate surface area is 215 Å². The number of likely N-dealkylation sites (tertiary alicyclic amines) is 1. The van der Waals surface area contributed by atoms with Crippen LogP contribution in [0.3, 0.4) is 0 Å². The number of phosphoric acid groups is 1. The first-order chi connectivity index (χ1) is 17.3. The zero-order valence-electron chi connectivity index (χ0n) is 19.3. The standard InChI is InChI=1S/C23H23ClF2N3O7P/c24-18-5-3-17(4-6-18)23(25,26)22(32)27-10-14-1-2-15-11-28(12-16(15)9-14)19-7-8-20(30)29(21(19)31)13-36-37(33,34)35/h1-6,9,19H,7-8,10-13H2,(H,27,32)(H2,33,34,35). The van der Waals surface area contributed by atoms with Gasteiger partial charge in [-0.3, -0.25) is 28.7 Å². The Bertz CT molecular complexity index is 1270. The quantitative estimate of drug-likeness (QED) is 0.333. The summed E-state index contributed by atoms with van der Waals surface area (Å²) < 4.78 is 44.3. The fraction of sp³-hybridized carbons (Fsp3) is 0.348. The molecule has 0 bridgehead atoms. The molecule has 1 unspecified atom stereocenters. The van der Waals surface area contributed by atoms with E-state index in [0.29, 0.717) is 23.6 Å². The molecule has 0 radical (unpaired) electrons. The summed E-state index contributed by atoms with van der Waals surface area (Å²) in [5.41, 5.74) is 1.83. The smallest absolute Gasteiger partial charge is 0.346 e. The maximum absolute atomic E-state index is 14.5. The van der Waals surface area contributed by atoms with Crippen LogP contribution in [0.15, 0.2) is 42.5 Å². The third kappa shape index (κ3) is 6.23. The molecule has 1 fully saturated rings. The average Bonchev–Trinajstić information content (AvgIpc) is 3.25. The molecule has 14 heteroatoms. The lowest BCUT2D eigenvalue weighted by atomic mass is 10.0. The third-order valence-electron chi connectivity index (χ3n) is 6.24. The third-order valence-corrected chi connectivity index (χ3v) is 6.95. The van der Waals surface area contributed by atoms with Crippen LogP contribution >= 0.6 is 19.4 Å². The summed E-state index contributed by atoms with van der Waals surface area (Å²) in [6.07, 6.45) is 0.244. The van der Waals surface area contributed by atoms with Crippen LogP contribution in [-0.4, -0.2) is 50.1 Å². The molecule has 198 valence electrons. The van der Waals surface area contributed by atoms with E-state index in [1.165, 1.54) is 12.1 Å². The second-order valence-corrected chi connectivity index (χ2v) is 10.4. The predicted molar refractivity (Wildman–Crippen MR) is 126 cm³/mol. The minimum absolute atomic E-state index is 0.00683. The zero-order valence-corrected chi connectivity index (χ0v) is 20.9. The molecule has 2 aromatic carbocycles. The number of piperidine rings is 1. The molecule has 1 saturated heterocycles. The Morgan fingerprint density at radius 2 is 1.81 bits per heavy atom. The lowest BCUT2D eigenvalue weighted by molar-refractivity contribution is -0.157. The summed E-state index contributed by atoms with van der Waals surface area (Å²) in [5.74, 6) is -6.40. The van der Waals surface area contributed by atoms with Gasteiger partial charge in [0.2, 0.25) is 11.8 Å². The lowest BCUT2D eigenvalue weighted by Gasteiger charge is -2.35. The Morgan fingerprint density at radius 3 is 2.49 bits per heavy atom. The van der Waals surface area contributed by atoms with Crippen molar-refractivity contribution in [1.82, 2.24) is 15.1 Å². The summed E-state index contributed by atoms with van der Waals surface area (Å²) in [4.78, 5) is 57.5. The number of amides is 3. The van der Waals surface area contributed by atoms with E-state index in [2.05, 4.69) is 9.84 Å². The summed E-state index contributed by atoms with van der Waals surface area (Å²) >= 11 is 5.72. The number of carbonyl (C=O) groups is 3. The van der Waals surface area contributed by atoms with Gasteiger partial charge in [0, 0.05) is 36.6 Å². The van der Waals surface area contributed by atoms with Crippen molar-refractivity contribution in [3.05, 3.63) is 69.7 Å². The first-order valence-corrected chi connectivity index (χ1v) is 13.1. The topological polar surface area (TPSA) is 136 Å². The normalized spacial score (nSPS) is 18.7. The van der Waals surface area contributed by atoms with Gasteiger partial charge in [-0.2, -0.15) is 8.78 Å². The van der Waals surface area contributed by atoms with Crippen molar-refractivity contribution in [2.75, 3.05) is 6.73 Å². The Morgan fingerprint density at radius 1 is 1.14 bits per heavy atom. The van der Waals surface area contributed by atoms with Crippen LogP contribution in [0.25, 0.3) is 0 Å². The highest BCUT2D eigenvalue weighted by molar-refractivity contribution is 7.46. The molecule has 3 N–H and O–H groups in total. The second-order valence-electron chi connectivity index (χ2n) is 8.74. The fourth-order valence-electron chi connectivity index (χ4n) is 4.32. The zero-order chi connectivity index (χ0) is 27.0. The minimum atomic E-state index is -4.87. The summed E-state index contributed by atoms with van der Waals surface area (Å²) in [6.45, 7) is -0.270. The predicted octanol–water partition coefficient (Wildman–Crippen LogP) is 2.65. The van der Waals surface area contributed by atoms with Gasteiger partial charge in [-0.15, -0.1) is 0 Å². The molecule has 2 aliphatic heterocycles. The number of alkyl halides is 2. The first-order valence-electron chi connectivity index (χ1n) is 11.2. The molecule has 37 heavy (non-hydrogen) atoms. The summed E-state index contributed by atoms with van der Waals surface area (Å²) in [7, 11) is -4.87. The van der Waals surface area contributed by atoms with Gasteiger partial charge in [-0.05, 0) is 35.2 Å². The maximum atomic E-state index is 14.5. The molecular formula is C23H23ClF2N3O7P. The largest absolute Gasteiger partial charge is 0.471 e. The van der Waals surface area contributed by atoms with Crippen LogP contribution in [0.4, 0.5) is 8.78 Å². The Balaban J connectivity index is 1.38. The number of carbonyl (C=O) groups excluding carboxylic acids is 3. The van der Waals surface area contributed by atoms with Gasteiger partial charge >= 0.3 is 13.7 Å². The van der Waals surface area contributed by atoms with Gasteiger partial charge in [-0.25, -0.2) is 4.57 Å². The van der Waals surface area contributed by atoms with Gasteiger partial charge in [-0.1, -0.05) is 41.9 Å². The first kappa shape index (κ1) is 27.3. The van der Waals surface area contributed by atoms with Crippen molar-refractivity contribution in [3.63, 3.8) is 0 Å². The number of nitrogens with one attached hydrogen (secondary N) is 1. The highest BCUT2D eigenvalue weighted by Gasteiger charge is 2.42. The van der Waals surface area contributed by atoms with Crippen molar-refractivity contribution < 1.29 is 42.0 Å². The number of rotatable bonds is 8. The van der Waals surface area contributed by atoms with E-state index >= 15 is 0 Å². The Kier molecular flexibility index (Phi) is 7.80. The van der Waals surface area contributed by atoms with Crippen LogP contribution in [0.5, 0.6) is 0 Å². The van der Waals surface area contributed by atoms with E-state index in [4.69, 9.17) is 21.4 Å². The number of halogens is 3. The maximum Gasteiger partial charge on any atom is 0.471 e. The number of hydrogen-bond donors (Lipinski definition) is 3. The van der Waals surface area contributed by atoms with E-state index in [1.54, 1.807) is 18.2 Å². The molecule has 2 aromatic rings. The molecule has 3 amide bonds. The van der Waals surface area contributed by atoms with Gasteiger partial charge in [0.15, 0.2) is 0 Å². The monoisotopic (exact) mass is 557 g/mol. The molecular weight excluding hydrogens is 535 g/mol. The Hall–Kier alpha value is -2.73. The van der Waals surface area contributed by atoms with Crippen molar-refractivity contribution in [1.29, 1.82) is 0 Å². The van der Waals surface area contributed by atoms with Crippen LogP contribution < -0.4 is 5.32 Å². The van der Waals surface area contributed by atoms with E-state index in [9.17, 15) is 27.7 Å². The summed E-state index contributed by atoms with van der Waals surface area (Å²) in [6, 6.07) is 9.26. The summed E-state index contributed by atoms with van der Waals surface area (Å²) in [5, 5.41) is 2.52. The molecule has 4 rings (SSSR count). The van der Waals surface area contributed by atoms with E-state index in [-0.39, 0.29) is 24.4 Å². The molecule has 0 aromatic heterocycles. The van der Waals surface area contributed by atoms with Crippen molar-refractivity contribution in [2.45, 2.75) is 44.4 Å². The van der Waals surface area contributed by atoms with Crippen LogP contribution in [0.2, 0.25) is 5.02 Å². The minimum Gasteiger partial charge on any atom is -0.346 e. The fourth-order valence-corrected chi connectivity index (χ4v) is 4.71. The van der Waals surface area contributed by atoms with Gasteiger partial charge < -0.3 is 15.1 Å². The number of fused-ring (bicyclic) bond motifs is 1. The molecule has 0 spiro atoms. The molecule has 2 heterocycles. The number of hydrogen-bond acceptors (Lipinski definition) is 6. The molecule has 1 atom stereocenters. The van der Waals surface area contributed by atoms with Crippen molar-refractivity contribution in [2.24, 2.45) is 0 Å². The van der Waals surface area contributed by atoms with Crippen LogP contribution in [-0.2, 0) is 49.0 Å². The highest BCUT2D eigenvalue weighted by atomic mass is 35.5. The van der Waals surface area contributed by atoms with E-state index in [0.717, 1.165) is 23.3 Å². The second kappa shape index (κ2) is 10.6. The molecule has 0 saturated carbocycles. The van der Waals surface area contributed by atoms with Gasteiger partial charge in [0.1, 0.15) is 6.73 Å².